The lowest BCUT2D eigenvalue weighted by atomic mass is 10.0. The summed E-state index contributed by atoms with van der Waals surface area (Å²) < 4.78 is 53.8. The fourth-order valence-electron chi connectivity index (χ4n) is 7.31. The van der Waals surface area contributed by atoms with Crippen molar-refractivity contribution in [2.45, 2.75) is 120 Å². The maximum absolute atomic E-state index is 14.8. The number of fused-ring (bicyclic) bond motifs is 3. The predicted octanol–water partition coefficient (Wildman–Crippen LogP) is 3.42. The molecular formula is C38H46FN7O8S. The molecule has 0 bridgehead atoms. The zero-order valence-corrected chi connectivity index (χ0v) is 31.9. The minimum absolute atomic E-state index is 0.00835. The van der Waals surface area contributed by atoms with Crippen LogP contribution in [0.25, 0.3) is 11.0 Å². The normalized spacial score (nSPS) is 26.6. The van der Waals surface area contributed by atoms with Crippen molar-refractivity contribution in [3.05, 3.63) is 59.4 Å². The number of nitrogens with one attached hydrogen (secondary N) is 3. The summed E-state index contributed by atoms with van der Waals surface area (Å²) in [4.78, 5) is 66.5. The second kappa shape index (κ2) is 15.0. The second-order valence-corrected chi connectivity index (χ2v) is 17.4. The summed E-state index contributed by atoms with van der Waals surface area (Å²) in [6, 6.07) is 3.70. The zero-order valence-electron chi connectivity index (χ0n) is 31.1. The largest absolute Gasteiger partial charge is 0.471 e. The Balaban J connectivity index is 1.21. The standard InChI is InChI=1S/C38H46FN7O8S/c1-4-23-18-29(44-54-23)32(47)41-28-14-10-8-6-7-9-12-22-20-38(22,36(50)45-55(51,52)37(3)16-17-37)43-33(48)30-19-24(21-46(30)35(28)49)53-34-26(5-2)40-27-15-11-13-25(39)31(27)42-34/h9,11-13,15,18,22,24,28,30H,4-8,10,14,16-17,19-21H2,1-3H3,(H,41,47)(H,43,48)(H,45,50)/t22-,24-,28+,30+,38-/m1/s1. The van der Waals surface area contributed by atoms with Gasteiger partial charge in [0.05, 0.1) is 16.8 Å². The Hall–Kier alpha value is -4.93. The van der Waals surface area contributed by atoms with Crippen LogP contribution in [0.4, 0.5) is 4.39 Å². The van der Waals surface area contributed by atoms with Crippen molar-refractivity contribution in [3.8, 4) is 5.88 Å². The molecule has 17 heteroatoms. The average Bonchev–Trinajstić information content (AvgIpc) is 3.94. The quantitative estimate of drug-likeness (QED) is 0.269. The number of nitrogens with zero attached hydrogens (tertiary/aromatic N) is 4. The number of carbonyl (C=O) groups excluding carboxylic acids is 4. The SMILES string of the molecule is CCc1cc(C(=O)N[C@H]2CCCCCC=C[C@@H]3C[C@@]3(C(=O)NS(=O)(=O)C3(C)CC3)NC(=O)[C@@H]3C[C@@H](Oc4nc5c(F)cccc5nc4CC)CN3C2=O)no1. The molecule has 15 nitrogen and oxygen atoms in total. The van der Waals surface area contributed by atoms with Gasteiger partial charge in [0, 0.05) is 24.8 Å². The van der Waals surface area contributed by atoms with Crippen molar-refractivity contribution in [2.75, 3.05) is 6.54 Å². The third-order valence-electron chi connectivity index (χ3n) is 11.2. The summed E-state index contributed by atoms with van der Waals surface area (Å²) in [5.41, 5.74) is -0.734. The third-order valence-corrected chi connectivity index (χ3v) is 13.4. The van der Waals surface area contributed by atoms with Crippen molar-refractivity contribution >= 4 is 44.7 Å². The van der Waals surface area contributed by atoms with E-state index in [0.717, 1.165) is 12.8 Å². The number of rotatable bonds is 9. The van der Waals surface area contributed by atoms with E-state index in [4.69, 9.17) is 9.26 Å². The first-order valence-corrected chi connectivity index (χ1v) is 20.5. The summed E-state index contributed by atoms with van der Waals surface area (Å²) in [7, 11) is -4.02. The number of allylic oxidation sites excluding steroid dienone is 1. The fourth-order valence-corrected chi connectivity index (χ4v) is 8.62. The molecule has 3 aromatic rings. The smallest absolute Gasteiger partial charge is 0.274 e. The highest BCUT2D eigenvalue weighted by atomic mass is 32.2. The zero-order chi connectivity index (χ0) is 39.1. The van der Waals surface area contributed by atoms with Crippen molar-refractivity contribution in [2.24, 2.45) is 5.92 Å². The number of sulfonamides is 1. The number of hydrogen-bond acceptors (Lipinski definition) is 11. The van der Waals surface area contributed by atoms with Crippen LogP contribution in [0.5, 0.6) is 5.88 Å². The Bertz CT molecular complexity index is 2150. The van der Waals surface area contributed by atoms with E-state index < -0.39 is 73.9 Å². The van der Waals surface area contributed by atoms with Gasteiger partial charge in [-0.05, 0) is 64.0 Å². The molecule has 2 saturated carbocycles. The Kier molecular flexibility index (Phi) is 10.4. The van der Waals surface area contributed by atoms with E-state index in [9.17, 15) is 32.0 Å². The molecule has 1 saturated heterocycles. The Labute approximate surface area is 318 Å². The molecule has 2 aliphatic carbocycles. The maximum atomic E-state index is 14.8. The molecule has 0 spiro atoms. The lowest BCUT2D eigenvalue weighted by Gasteiger charge is -2.30. The topological polar surface area (TPSA) is 203 Å². The van der Waals surface area contributed by atoms with Crippen LogP contribution in [0, 0.1) is 11.7 Å². The summed E-state index contributed by atoms with van der Waals surface area (Å²) in [6.07, 6.45) is 7.81. The Morgan fingerprint density at radius 1 is 1.13 bits per heavy atom. The van der Waals surface area contributed by atoms with Crippen LogP contribution in [0.15, 0.2) is 40.9 Å². The van der Waals surface area contributed by atoms with Crippen molar-refractivity contribution in [3.63, 3.8) is 0 Å². The molecule has 5 atom stereocenters. The van der Waals surface area contributed by atoms with E-state index in [0.29, 0.717) is 55.5 Å². The molecule has 0 unspecified atom stereocenters. The number of aromatic nitrogens is 3. The molecule has 3 fully saturated rings. The number of para-hydroxylation sites is 1. The summed E-state index contributed by atoms with van der Waals surface area (Å²) in [5, 5.41) is 9.51. The lowest BCUT2D eigenvalue weighted by molar-refractivity contribution is -0.141. The number of aryl methyl sites for hydroxylation is 2. The highest BCUT2D eigenvalue weighted by molar-refractivity contribution is 7.91. The minimum atomic E-state index is -4.02. The first-order valence-electron chi connectivity index (χ1n) is 19.0. The van der Waals surface area contributed by atoms with Crippen LogP contribution in [0.2, 0.25) is 0 Å². The van der Waals surface area contributed by atoms with Gasteiger partial charge in [-0.2, -0.15) is 0 Å². The van der Waals surface area contributed by atoms with Crippen LogP contribution in [0.1, 0.15) is 101 Å². The van der Waals surface area contributed by atoms with Gasteiger partial charge in [0.2, 0.25) is 27.7 Å². The van der Waals surface area contributed by atoms with E-state index in [1.807, 2.05) is 26.0 Å². The van der Waals surface area contributed by atoms with Gasteiger partial charge >= 0.3 is 0 Å². The van der Waals surface area contributed by atoms with Gasteiger partial charge in [-0.25, -0.2) is 22.8 Å². The molecule has 0 radical (unpaired) electrons. The van der Waals surface area contributed by atoms with Gasteiger partial charge in [0.15, 0.2) is 11.5 Å². The van der Waals surface area contributed by atoms with Crippen molar-refractivity contribution in [1.29, 1.82) is 0 Å². The minimum Gasteiger partial charge on any atom is -0.471 e. The monoisotopic (exact) mass is 779 g/mol. The van der Waals surface area contributed by atoms with Crippen molar-refractivity contribution < 1.29 is 41.2 Å². The van der Waals surface area contributed by atoms with E-state index in [1.54, 1.807) is 13.0 Å². The summed E-state index contributed by atoms with van der Waals surface area (Å²) in [5.74, 6) is -3.17. The number of carbonyl (C=O) groups is 4. The molecule has 294 valence electrons. The molecular weight excluding hydrogens is 734 g/mol. The summed E-state index contributed by atoms with van der Waals surface area (Å²) in [6.45, 7) is 5.16. The van der Waals surface area contributed by atoms with Crippen molar-refractivity contribution in [1.82, 2.24) is 35.4 Å². The Morgan fingerprint density at radius 2 is 1.93 bits per heavy atom. The van der Waals surface area contributed by atoms with E-state index >= 15 is 0 Å². The molecule has 2 aromatic heterocycles. The first kappa shape index (κ1) is 38.3. The van der Waals surface area contributed by atoms with Crippen LogP contribution >= 0.6 is 0 Å². The number of ether oxygens (including phenoxy) is 1. The fraction of sp³-hybridized carbons (Fsp3) is 0.553. The third kappa shape index (κ3) is 7.67. The number of hydrogen-bond donors (Lipinski definition) is 3. The van der Waals surface area contributed by atoms with Gasteiger partial charge in [0.1, 0.15) is 40.7 Å². The van der Waals surface area contributed by atoms with Gasteiger partial charge in [-0.3, -0.25) is 23.9 Å². The maximum Gasteiger partial charge on any atom is 0.274 e. The van der Waals surface area contributed by atoms with Gasteiger partial charge in [-0.1, -0.05) is 50.1 Å². The Morgan fingerprint density at radius 3 is 2.65 bits per heavy atom. The molecule has 55 heavy (non-hydrogen) atoms. The van der Waals surface area contributed by atoms with E-state index in [2.05, 4.69) is 30.5 Å². The van der Waals surface area contributed by atoms with E-state index in [-0.39, 0.29) is 42.9 Å². The van der Waals surface area contributed by atoms with Crippen LogP contribution in [-0.2, 0) is 37.2 Å². The van der Waals surface area contributed by atoms with Crippen LogP contribution in [-0.4, -0.2) is 87.1 Å². The summed E-state index contributed by atoms with van der Waals surface area (Å²) >= 11 is 0. The van der Waals surface area contributed by atoms with Crippen LogP contribution in [0.3, 0.4) is 0 Å². The average molecular weight is 780 g/mol. The number of benzene rings is 1. The molecule has 2 aliphatic heterocycles. The molecule has 7 rings (SSSR count). The first-order chi connectivity index (χ1) is 26.3. The van der Waals surface area contributed by atoms with Gasteiger partial charge in [0.25, 0.3) is 11.8 Å². The van der Waals surface area contributed by atoms with Crippen LogP contribution < -0.4 is 20.1 Å². The van der Waals surface area contributed by atoms with Gasteiger partial charge < -0.3 is 24.8 Å². The number of amides is 4. The lowest BCUT2D eigenvalue weighted by Crippen LogP contribution is -2.58. The van der Waals surface area contributed by atoms with E-state index in [1.165, 1.54) is 23.1 Å². The molecule has 1 aromatic carbocycles. The second-order valence-electron chi connectivity index (χ2n) is 15.2. The molecule has 4 heterocycles. The highest BCUT2D eigenvalue weighted by Crippen LogP contribution is 2.47. The number of halogens is 1. The molecule has 4 amide bonds. The highest BCUT2D eigenvalue weighted by Gasteiger charge is 2.63. The molecule has 4 aliphatic rings. The predicted molar refractivity (Wildman–Crippen MR) is 196 cm³/mol. The van der Waals surface area contributed by atoms with Gasteiger partial charge in [-0.15, -0.1) is 0 Å². The molecule has 3 N–H and O–H groups in total.